The maximum atomic E-state index is 3.45. The van der Waals surface area contributed by atoms with Crippen molar-refractivity contribution in [2.24, 2.45) is 5.92 Å². The molecule has 2 unspecified atom stereocenters. The van der Waals surface area contributed by atoms with Gasteiger partial charge in [-0.05, 0) is 38.0 Å². The second-order valence-electron chi connectivity index (χ2n) is 4.08. The first-order valence-electron chi connectivity index (χ1n) is 5.03. The fourth-order valence-corrected chi connectivity index (χ4v) is 3.33. The van der Waals surface area contributed by atoms with Gasteiger partial charge in [0.15, 0.2) is 0 Å². The van der Waals surface area contributed by atoms with Gasteiger partial charge in [-0.1, -0.05) is 13.8 Å². The Morgan fingerprint density at radius 2 is 2.25 bits per heavy atom. The zero-order valence-electron chi connectivity index (χ0n) is 8.47. The largest absolute Gasteiger partial charge is 0.316 e. The summed E-state index contributed by atoms with van der Waals surface area (Å²) >= 11 is 2.15. The van der Waals surface area contributed by atoms with Gasteiger partial charge in [0.2, 0.25) is 0 Å². The molecule has 1 rings (SSSR count). The van der Waals surface area contributed by atoms with Crippen LogP contribution in [0, 0.1) is 5.92 Å². The molecule has 0 aromatic carbocycles. The molecule has 1 N–H and O–H groups in total. The van der Waals surface area contributed by atoms with Gasteiger partial charge in [0, 0.05) is 11.3 Å². The molecule has 1 fully saturated rings. The van der Waals surface area contributed by atoms with Gasteiger partial charge in [-0.3, -0.25) is 0 Å². The van der Waals surface area contributed by atoms with Gasteiger partial charge in [-0.25, -0.2) is 0 Å². The Balaban J connectivity index is 2.32. The van der Waals surface area contributed by atoms with Crippen molar-refractivity contribution in [1.82, 2.24) is 5.32 Å². The summed E-state index contributed by atoms with van der Waals surface area (Å²) in [5.41, 5.74) is 0. The average molecular weight is 187 g/mol. The highest BCUT2D eigenvalue weighted by Crippen LogP contribution is 2.30. The van der Waals surface area contributed by atoms with E-state index in [2.05, 4.69) is 38.0 Å². The van der Waals surface area contributed by atoms with Crippen molar-refractivity contribution in [2.45, 2.75) is 44.4 Å². The van der Waals surface area contributed by atoms with E-state index in [0.717, 1.165) is 17.2 Å². The van der Waals surface area contributed by atoms with Crippen LogP contribution in [0.2, 0.25) is 0 Å². The number of hydrogen-bond acceptors (Lipinski definition) is 2. The van der Waals surface area contributed by atoms with Crippen LogP contribution >= 0.6 is 11.8 Å². The van der Waals surface area contributed by atoms with E-state index in [1.165, 1.54) is 25.0 Å². The molecule has 1 aliphatic heterocycles. The van der Waals surface area contributed by atoms with E-state index in [1.54, 1.807) is 0 Å². The predicted octanol–water partition coefficient (Wildman–Crippen LogP) is 2.52. The smallest absolute Gasteiger partial charge is 0.0201 e. The van der Waals surface area contributed by atoms with Crippen molar-refractivity contribution in [3.05, 3.63) is 0 Å². The highest BCUT2D eigenvalue weighted by Gasteiger charge is 2.24. The fourth-order valence-electron chi connectivity index (χ4n) is 1.88. The van der Waals surface area contributed by atoms with Gasteiger partial charge in [-0.2, -0.15) is 11.8 Å². The van der Waals surface area contributed by atoms with Gasteiger partial charge < -0.3 is 5.32 Å². The quantitative estimate of drug-likeness (QED) is 0.726. The molecule has 0 spiro atoms. The molecule has 0 aliphatic carbocycles. The molecule has 1 aliphatic rings. The van der Waals surface area contributed by atoms with Crippen LogP contribution in [0.15, 0.2) is 0 Å². The summed E-state index contributed by atoms with van der Waals surface area (Å²) in [5.74, 6) is 2.20. The second kappa shape index (κ2) is 5.13. The monoisotopic (exact) mass is 187 g/mol. The normalized spacial score (nSPS) is 26.5. The minimum Gasteiger partial charge on any atom is -0.316 e. The fraction of sp³-hybridized carbons (Fsp3) is 1.00. The van der Waals surface area contributed by atoms with Crippen LogP contribution < -0.4 is 5.32 Å². The number of hydrogen-bond donors (Lipinski definition) is 1. The summed E-state index contributed by atoms with van der Waals surface area (Å²) in [6.07, 6.45) is 4.17. The standard InChI is InChI=1S/C10H21NS/c1-8(2)7-9(11-3)10-5-4-6-12-10/h8-11H,4-7H2,1-3H3. The molecule has 12 heavy (non-hydrogen) atoms. The first kappa shape index (κ1) is 10.4. The molecule has 2 heteroatoms. The van der Waals surface area contributed by atoms with E-state index in [4.69, 9.17) is 0 Å². The molecular formula is C10H21NS. The van der Waals surface area contributed by atoms with Gasteiger partial charge >= 0.3 is 0 Å². The van der Waals surface area contributed by atoms with E-state index >= 15 is 0 Å². The summed E-state index contributed by atoms with van der Waals surface area (Å²) < 4.78 is 0. The van der Waals surface area contributed by atoms with Gasteiger partial charge in [0.05, 0.1) is 0 Å². The van der Waals surface area contributed by atoms with Crippen LogP contribution in [0.25, 0.3) is 0 Å². The van der Waals surface area contributed by atoms with Crippen LogP contribution in [-0.2, 0) is 0 Å². The minimum atomic E-state index is 0.748. The van der Waals surface area contributed by atoms with E-state index in [9.17, 15) is 0 Å². The van der Waals surface area contributed by atoms with Crippen molar-refractivity contribution in [2.75, 3.05) is 12.8 Å². The summed E-state index contributed by atoms with van der Waals surface area (Å²) in [6, 6.07) is 0.748. The van der Waals surface area contributed by atoms with Crippen LogP contribution in [0.3, 0.4) is 0 Å². The molecule has 1 heterocycles. The molecule has 1 nitrogen and oxygen atoms in total. The SMILES string of the molecule is CNC(CC(C)C)C1CCCS1. The van der Waals surface area contributed by atoms with Gasteiger partial charge in [-0.15, -0.1) is 0 Å². The van der Waals surface area contributed by atoms with Gasteiger partial charge in [0.25, 0.3) is 0 Å². The topological polar surface area (TPSA) is 12.0 Å². The van der Waals surface area contributed by atoms with Crippen LogP contribution in [-0.4, -0.2) is 24.1 Å². The highest BCUT2D eigenvalue weighted by molar-refractivity contribution is 8.00. The average Bonchev–Trinajstić information content (AvgIpc) is 2.51. The lowest BCUT2D eigenvalue weighted by Gasteiger charge is -2.23. The molecule has 0 aromatic rings. The van der Waals surface area contributed by atoms with Crippen molar-refractivity contribution in [3.8, 4) is 0 Å². The third-order valence-electron chi connectivity index (χ3n) is 2.51. The summed E-state index contributed by atoms with van der Waals surface area (Å²) in [5, 5.41) is 4.34. The lowest BCUT2D eigenvalue weighted by Crippen LogP contribution is -2.35. The van der Waals surface area contributed by atoms with Crippen LogP contribution in [0.1, 0.15) is 33.1 Å². The Morgan fingerprint density at radius 1 is 1.50 bits per heavy atom. The van der Waals surface area contributed by atoms with Crippen molar-refractivity contribution in [1.29, 1.82) is 0 Å². The maximum Gasteiger partial charge on any atom is 0.0201 e. The lowest BCUT2D eigenvalue weighted by atomic mass is 9.99. The zero-order chi connectivity index (χ0) is 8.97. The molecule has 2 atom stereocenters. The maximum absolute atomic E-state index is 3.45. The molecule has 72 valence electrons. The second-order valence-corrected chi connectivity index (χ2v) is 5.42. The molecule has 0 bridgehead atoms. The van der Waals surface area contributed by atoms with Crippen molar-refractivity contribution >= 4 is 11.8 Å². The first-order valence-corrected chi connectivity index (χ1v) is 6.07. The molecule has 1 saturated heterocycles. The third-order valence-corrected chi connectivity index (χ3v) is 4.03. The predicted molar refractivity (Wildman–Crippen MR) is 57.8 cm³/mol. The van der Waals surface area contributed by atoms with Gasteiger partial charge in [0.1, 0.15) is 0 Å². The summed E-state index contributed by atoms with van der Waals surface area (Å²) in [4.78, 5) is 0. The summed E-state index contributed by atoms with van der Waals surface area (Å²) in [6.45, 7) is 4.62. The minimum absolute atomic E-state index is 0.748. The molecular weight excluding hydrogens is 166 g/mol. The highest BCUT2D eigenvalue weighted by atomic mass is 32.2. The molecule has 0 amide bonds. The number of thioether (sulfide) groups is 1. The molecule has 0 radical (unpaired) electrons. The Bertz CT molecular complexity index is 119. The van der Waals surface area contributed by atoms with Crippen LogP contribution in [0.4, 0.5) is 0 Å². The van der Waals surface area contributed by atoms with E-state index in [0.29, 0.717) is 0 Å². The van der Waals surface area contributed by atoms with Crippen LogP contribution in [0.5, 0.6) is 0 Å². The van der Waals surface area contributed by atoms with Crippen molar-refractivity contribution in [3.63, 3.8) is 0 Å². The number of nitrogens with one attached hydrogen (secondary N) is 1. The lowest BCUT2D eigenvalue weighted by molar-refractivity contribution is 0.426. The third kappa shape index (κ3) is 2.98. The Labute approximate surface area is 80.7 Å². The van der Waals surface area contributed by atoms with E-state index in [1.807, 2.05) is 0 Å². The molecule has 0 saturated carbocycles. The zero-order valence-corrected chi connectivity index (χ0v) is 9.29. The number of rotatable bonds is 4. The first-order chi connectivity index (χ1) is 5.74. The Kier molecular flexibility index (Phi) is 4.44. The Hall–Kier alpha value is 0.310. The van der Waals surface area contributed by atoms with E-state index < -0.39 is 0 Å². The Morgan fingerprint density at radius 3 is 2.67 bits per heavy atom. The van der Waals surface area contributed by atoms with E-state index in [-0.39, 0.29) is 0 Å². The molecule has 0 aromatic heterocycles. The van der Waals surface area contributed by atoms with Crippen molar-refractivity contribution < 1.29 is 0 Å². The summed E-state index contributed by atoms with van der Waals surface area (Å²) in [7, 11) is 2.10.